The van der Waals surface area contributed by atoms with Crippen molar-refractivity contribution in [2.75, 3.05) is 13.2 Å². The van der Waals surface area contributed by atoms with Gasteiger partial charge in [-0.2, -0.15) is 0 Å². The lowest BCUT2D eigenvalue weighted by Crippen LogP contribution is -2.19. The summed E-state index contributed by atoms with van der Waals surface area (Å²) in [6.07, 6.45) is 1.43. The van der Waals surface area contributed by atoms with Gasteiger partial charge in [0.2, 0.25) is 6.41 Å². The Bertz CT molecular complexity index is 75.5. The summed E-state index contributed by atoms with van der Waals surface area (Å²) in [5.41, 5.74) is 0. The minimum Gasteiger partial charge on any atom is -0.396 e. The van der Waals surface area contributed by atoms with Gasteiger partial charge in [0.1, 0.15) is 0 Å². The Morgan fingerprint density at radius 1 is 1.78 bits per heavy atom. The molecule has 1 amide bonds. The summed E-state index contributed by atoms with van der Waals surface area (Å²) in [5, 5.41) is 11.0. The lowest BCUT2D eigenvalue weighted by Gasteiger charge is -2.06. The average Bonchev–Trinajstić information content (AvgIpc) is 1.85. The van der Waals surface area contributed by atoms with Gasteiger partial charge in [0.25, 0.3) is 0 Å². The molecule has 1 atom stereocenters. The molecule has 0 bridgehead atoms. The van der Waals surface area contributed by atoms with Crippen LogP contribution in [-0.2, 0) is 4.79 Å². The minimum atomic E-state index is 0.196. The van der Waals surface area contributed by atoms with Gasteiger partial charge in [0, 0.05) is 13.2 Å². The summed E-state index contributed by atoms with van der Waals surface area (Å²) in [7, 11) is 0. The molecule has 0 fully saturated rings. The van der Waals surface area contributed by atoms with E-state index in [4.69, 9.17) is 5.11 Å². The van der Waals surface area contributed by atoms with Crippen LogP contribution < -0.4 is 5.32 Å². The van der Waals surface area contributed by atoms with Crippen molar-refractivity contribution in [3.05, 3.63) is 0 Å². The van der Waals surface area contributed by atoms with Gasteiger partial charge in [-0.25, -0.2) is 0 Å². The Morgan fingerprint density at radius 3 is 2.89 bits per heavy atom. The summed E-state index contributed by atoms with van der Waals surface area (Å²) in [6, 6.07) is 0. The Morgan fingerprint density at radius 2 is 2.44 bits per heavy atom. The third kappa shape index (κ3) is 5.30. The molecule has 2 N–H and O–H groups in total. The summed E-state index contributed by atoms with van der Waals surface area (Å²) >= 11 is 0. The van der Waals surface area contributed by atoms with Crippen LogP contribution >= 0.6 is 0 Å². The Hall–Kier alpha value is -0.570. The SMILES string of the molecule is CC(CCO)CNC=O. The van der Waals surface area contributed by atoms with E-state index < -0.39 is 0 Å². The van der Waals surface area contributed by atoms with Gasteiger partial charge >= 0.3 is 0 Å². The van der Waals surface area contributed by atoms with Gasteiger partial charge in [0.05, 0.1) is 0 Å². The van der Waals surface area contributed by atoms with Gasteiger partial charge in [-0.3, -0.25) is 4.79 Å². The molecule has 0 saturated carbocycles. The largest absolute Gasteiger partial charge is 0.396 e. The zero-order valence-electron chi connectivity index (χ0n) is 5.63. The maximum atomic E-state index is 9.74. The highest BCUT2D eigenvalue weighted by molar-refractivity contribution is 5.45. The van der Waals surface area contributed by atoms with E-state index >= 15 is 0 Å². The number of amides is 1. The van der Waals surface area contributed by atoms with Crippen molar-refractivity contribution >= 4 is 6.41 Å². The standard InChI is InChI=1S/C6H13NO2/c1-6(2-3-8)4-7-5-9/h5-6,8H,2-4H2,1H3,(H,7,9). The average molecular weight is 131 g/mol. The highest BCUT2D eigenvalue weighted by Gasteiger charge is 1.97. The molecule has 3 heteroatoms. The highest BCUT2D eigenvalue weighted by atomic mass is 16.3. The fourth-order valence-corrected chi connectivity index (χ4v) is 0.572. The molecule has 1 unspecified atom stereocenters. The number of carbonyl (C=O) groups excluding carboxylic acids is 1. The maximum Gasteiger partial charge on any atom is 0.207 e. The van der Waals surface area contributed by atoms with Gasteiger partial charge in [-0.15, -0.1) is 0 Å². The summed E-state index contributed by atoms with van der Waals surface area (Å²) < 4.78 is 0. The number of rotatable bonds is 5. The molecule has 0 saturated heterocycles. The fraction of sp³-hybridized carbons (Fsp3) is 0.833. The van der Waals surface area contributed by atoms with E-state index in [9.17, 15) is 4.79 Å². The number of carbonyl (C=O) groups is 1. The summed E-state index contributed by atoms with van der Waals surface area (Å²) in [4.78, 5) is 9.74. The zero-order valence-corrected chi connectivity index (χ0v) is 5.63. The molecule has 0 aromatic carbocycles. The second-order valence-corrected chi connectivity index (χ2v) is 2.14. The molecular formula is C6H13NO2. The van der Waals surface area contributed by atoms with Gasteiger partial charge in [-0.1, -0.05) is 6.92 Å². The molecule has 0 aromatic rings. The molecule has 9 heavy (non-hydrogen) atoms. The predicted octanol–water partition coefficient (Wildman–Crippen LogP) is -0.249. The third-order valence-corrected chi connectivity index (χ3v) is 1.17. The normalized spacial score (nSPS) is 12.7. The Labute approximate surface area is 55.1 Å². The van der Waals surface area contributed by atoms with E-state index in [-0.39, 0.29) is 6.61 Å². The van der Waals surface area contributed by atoms with Gasteiger partial charge in [-0.05, 0) is 12.3 Å². The van der Waals surface area contributed by atoms with Crippen LogP contribution in [0.5, 0.6) is 0 Å². The van der Waals surface area contributed by atoms with E-state index in [0.717, 1.165) is 6.42 Å². The van der Waals surface area contributed by atoms with Crippen LogP contribution in [0, 0.1) is 5.92 Å². The van der Waals surface area contributed by atoms with E-state index in [1.54, 1.807) is 0 Å². The molecule has 0 heterocycles. The van der Waals surface area contributed by atoms with Crippen molar-refractivity contribution in [2.45, 2.75) is 13.3 Å². The maximum absolute atomic E-state index is 9.74. The summed E-state index contributed by atoms with van der Waals surface area (Å²) in [5.74, 6) is 0.375. The van der Waals surface area contributed by atoms with Crippen LogP contribution in [0.1, 0.15) is 13.3 Å². The molecule has 54 valence electrons. The smallest absolute Gasteiger partial charge is 0.207 e. The van der Waals surface area contributed by atoms with Crippen LogP contribution in [0.25, 0.3) is 0 Å². The van der Waals surface area contributed by atoms with Crippen LogP contribution in [0.2, 0.25) is 0 Å². The number of hydrogen-bond donors (Lipinski definition) is 2. The molecule has 0 rings (SSSR count). The number of nitrogens with one attached hydrogen (secondary N) is 1. The molecular weight excluding hydrogens is 118 g/mol. The molecule has 0 spiro atoms. The third-order valence-electron chi connectivity index (χ3n) is 1.17. The highest BCUT2D eigenvalue weighted by Crippen LogP contribution is 1.96. The molecule has 0 aromatic heterocycles. The Balaban J connectivity index is 3.04. The lowest BCUT2D eigenvalue weighted by molar-refractivity contribution is -0.109. The molecule has 3 nitrogen and oxygen atoms in total. The number of aliphatic hydroxyl groups is 1. The first kappa shape index (κ1) is 8.43. The quantitative estimate of drug-likeness (QED) is 0.505. The summed E-state index contributed by atoms with van der Waals surface area (Å²) in [6.45, 7) is 2.83. The van der Waals surface area contributed by atoms with Gasteiger partial charge < -0.3 is 10.4 Å². The van der Waals surface area contributed by atoms with Crippen LogP contribution in [0.15, 0.2) is 0 Å². The second-order valence-electron chi connectivity index (χ2n) is 2.14. The first-order chi connectivity index (χ1) is 4.31. The van der Waals surface area contributed by atoms with E-state index in [2.05, 4.69) is 5.32 Å². The van der Waals surface area contributed by atoms with Crippen LogP contribution in [-0.4, -0.2) is 24.7 Å². The molecule has 0 radical (unpaired) electrons. The first-order valence-electron chi connectivity index (χ1n) is 3.09. The fourth-order valence-electron chi connectivity index (χ4n) is 0.572. The molecule has 0 aliphatic heterocycles. The van der Waals surface area contributed by atoms with Crippen molar-refractivity contribution in [3.63, 3.8) is 0 Å². The Kier molecular flexibility index (Phi) is 5.21. The van der Waals surface area contributed by atoms with Crippen molar-refractivity contribution in [2.24, 2.45) is 5.92 Å². The van der Waals surface area contributed by atoms with E-state index in [1.807, 2.05) is 6.92 Å². The predicted molar refractivity (Wildman–Crippen MR) is 34.9 cm³/mol. The van der Waals surface area contributed by atoms with Crippen molar-refractivity contribution in [1.82, 2.24) is 5.32 Å². The topological polar surface area (TPSA) is 49.3 Å². The van der Waals surface area contributed by atoms with Crippen molar-refractivity contribution in [1.29, 1.82) is 0 Å². The molecule has 0 aliphatic carbocycles. The zero-order chi connectivity index (χ0) is 7.11. The monoisotopic (exact) mass is 131 g/mol. The van der Waals surface area contributed by atoms with Gasteiger partial charge in [0.15, 0.2) is 0 Å². The van der Waals surface area contributed by atoms with E-state index in [1.165, 1.54) is 0 Å². The van der Waals surface area contributed by atoms with E-state index in [0.29, 0.717) is 18.9 Å². The van der Waals surface area contributed by atoms with Crippen LogP contribution in [0.4, 0.5) is 0 Å². The second kappa shape index (κ2) is 5.56. The lowest BCUT2D eigenvalue weighted by atomic mass is 10.1. The number of aliphatic hydroxyl groups excluding tert-OH is 1. The van der Waals surface area contributed by atoms with Crippen molar-refractivity contribution < 1.29 is 9.90 Å². The van der Waals surface area contributed by atoms with Crippen LogP contribution in [0.3, 0.4) is 0 Å². The number of hydrogen-bond acceptors (Lipinski definition) is 2. The minimum absolute atomic E-state index is 0.196. The molecule has 0 aliphatic rings. The van der Waals surface area contributed by atoms with Crippen molar-refractivity contribution in [3.8, 4) is 0 Å². The first-order valence-corrected chi connectivity index (χ1v) is 3.09.